The highest BCUT2D eigenvalue weighted by Gasteiger charge is 2.12. The van der Waals surface area contributed by atoms with Gasteiger partial charge < -0.3 is 16.4 Å². The third kappa shape index (κ3) is 7.97. The number of hydrogen-bond acceptors (Lipinski definition) is 4. The van der Waals surface area contributed by atoms with Crippen LogP contribution in [0.2, 0.25) is 0 Å². The first-order chi connectivity index (χ1) is 12.5. The average molecular weight is 361 g/mol. The molecular weight excluding hydrogens is 328 g/mol. The Labute approximate surface area is 156 Å². The molecule has 1 fully saturated rings. The smallest absolute Gasteiger partial charge is 0.238 e. The molecule has 1 aliphatic rings. The number of nitrogens with one attached hydrogen (secondary N) is 2. The van der Waals surface area contributed by atoms with Gasteiger partial charge in [0.1, 0.15) is 0 Å². The third-order valence-corrected chi connectivity index (χ3v) is 4.60. The maximum atomic E-state index is 12.3. The topological polar surface area (TPSA) is 87.5 Å². The highest BCUT2D eigenvalue weighted by Crippen LogP contribution is 2.15. The SMILES string of the molecule is CC(N)CCC(=O)Nc1ccc(NC(=O)CN2CCCCCCC2)cc1. The van der Waals surface area contributed by atoms with Crippen LogP contribution in [0.5, 0.6) is 0 Å². The third-order valence-electron chi connectivity index (χ3n) is 4.60. The molecule has 0 bridgehead atoms. The number of rotatable bonds is 7. The second-order valence-electron chi connectivity index (χ2n) is 7.23. The minimum Gasteiger partial charge on any atom is -0.328 e. The fourth-order valence-corrected chi connectivity index (χ4v) is 3.09. The summed E-state index contributed by atoms with van der Waals surface area (Å²) in [6.07, 6.45) is 7.25. The van der Waals surface area contributed by atoms with Gasteiger partial charge >= 0.3 is 0 Å². The maximum Gasteiger partial charge on any atom is 0.238 e. The molecule has 1 aliphatic heterocycles. The van der Waals surface area contributed by atoms with Gasteiger partial charge in [-0.05, 0) is 63.5 Å². The fraction of sp³-hybridized carbons (Fsp3) is 0.600. The van der Waals surface area contributed by atoms with Crippen LogP contribution in [0.25, 0.3) is 0 Å². The van der Waals surface area contributed by atoms with E-state index in [0.717, 1.165) is 24.5 Å². The van der Waals surface area contributed by atoms with Gasteiger partial charge in [-0.3, -0.25) is 14.5 Å². The van der Waals surface area contributed by atoms with E-state index in [2.05, 4.69) is 15.5 Å². The molecule has 2 amide bonds. The molecule has 4 N–H and O–H groups in total. The Bertz CT molecular complexity index is 564. The maximum absolute atomic E-state index is 12.3. The molecule has 2 rings (SSSR count). The standard InChI is InChI=1S/C20H32N4O2/c1-16(21)7-12-19(25)22-17-8-10-18(11-9-17)23-20(26)15-24-13-5-3-2-4-6-14-24/h8-11,16H,2-7,12-15,21H2,1H3,(H,22,25)(H,23,26). The molecule has 0 saturated carbocycles. The van der Waals surface area contributed by atoms with E-state index < -0.39 is 0 Å². The predicted molar refractivity (Wildman–Crippen MR) is 106 cm³/mol. The van der Waals surface area contributed by atoms with Crippen molar-refractivity contribution in [2.45, 2.75) is 57.9 Å². The van der Waals surface area contributed by atoms with Gasteiger partial charge in [0.2, 0.25) is 11.8 Å². The molecule has 0 spiro atoms. The van der Waals surface area contributed by atoms with Crippen LogP contribution in [-0.4, -0.2) is 42.4 Å². The molecule has 6 heteroatoms. The van der Waals surface area contributed by atoms with Crippen molar-refractivity contribution in [2.75, 3.05) is 30.3 Å². The summed E-state index contributed by atoms with van der Waals surface area (Å²) >= 11 is 0. The fourth-order valence-electron chi connectivity index (χ4n) is 3.09. The zero-order chi connectivity index (χ0) is 18.8. The molecule has 0 radical (unpaired) electrons. The molecule has 1 heterocycles. The van der Waals surface area contributed by atoms with Crippen LogP contribution in [0.15, 0.2) is 24.3 Å². The quantitative estimate of drug-likeness (QED) is 0.698. The summed E-state index contributed by atoms with van der Waals surface area (Å²) in [5, 5.41) is 5.78. The lowest BCUT2D eigenvalue weighted by Gasteiger charge is -2.23. The lowest BCUT2D eigenvalue weighted by Crippen LogP contribution is -2.35. The highest BCUT2D eigenvalue weighted by molar-refractivity contribution is 5.93. The molecule has 1 aromatic carbocycles. The average Bonchev–Trinajstić information content (AvgIpc) is 2.57. The van der Waals surface area contributed by atoms with Crippen molar-refractivity contribution in [2.24, 2.45) is 5.73 Å². The van der Waals surface area contributed by atoms with Crippen LogP contribution in [0.3, 0.4) is 0 Å². The number of nitrogens with zero attached hydrogens (tertiary/aromatic N) is 1. The number of anilines is 2. The number of carbonyl (C=O) groups excluding carboxylic acids is 2. The molecular formula is C20H32N4O2. The zero-order valence-corrected chi connectivity index (χ0v) is 15.8. The number of hydrogen-bond donors (Lipinski definition) is 3. The van der Waals surface area contributed by atoms with E-state index in [1.165, 1.54) is 32.1 Å². The molecule has 26 heavy (non-hydrogen) atoms. The minimum absolute atomic E-state index is 0.0132. The van der Waals surface area contributed by atoms with Crippen molar-refractivity contribution in [1.29, 1.82) is 0 Å². The van der Waals surface area contributed by atoms with Gasteiger partial charge in [0.25, 0.3) is 0 Å². The first-order valence-electron chi connectivity index (χ1n) is 9.70. The lowest BCUT2D eigenvalue weighted by atomic mass is 10.1. The number of likely N-dealkylation sites (tertiary alicyclic amines) is 1. The van der Waals surface area contributed by atoms with Gasteiger partial charge in [0.15, 0.2) is 0 Å². The molecule has 6 nitrogen and oxygen atoms in total. The minimum atomic E-state index is -0.0452. The Kier molecular flexibility index (Phi) is 8.58. The monoisotopic (exact) mass is 360 g/mol. The second-order valence-corrected chi connectivity index (χ2v) is 7.23. The molecule has 0 aromatic heterocycles. The summed E-state index contributed by atoms with van der Waals surface area (Å²) < 4.78 is 0. The van der Waals surface area contributed by atoms with Gasteiger partial charge in [-0.25, -0.2) is 0 Å². The summed E-state index contributed by atoms with van der Waals surface area (Å²) in [5.41, 5.74) is 7.13. The van der Waals surface area contributed by atoms with Crippen LogP contribution in [0.4, 0.5) is 11.4 Å². The number of nitrogens with two attached hydrogens (primary N) is 1. The van der Waals surface area contributed by atoms with Gasteiger partial charge in [-0.2, -0.15) is 0 Å². The summed E-state index contributed by atoms with van der Waals surface area (Å²) in [6, 6.07) is 7.25. The summed E-state index contributed by atoms with van der Waals surface area (Å²) in [4.78, 5) is 26.3. The number of benzene rings is 1. The summed E-state index contributed by atoms with van der Waals surface area (Å²) in [6.45, 7) is 4.33. The van der Waals surface area contributed by atoms with Crippen LogP contribution in [0, 0.1) is 0 Å². The van der Waals surface area contributed by atoms with Crippen molar-refractivity contribution in [3.8, 4) is 0 Å². The predicted octanol–water partition coefficient (Wildman–Crippen LogP) is 2.96. The Morgan fingerprint density at radius 1 is 0.962 bits per heavy atom. The van der Waals surface area contributed by atoms with E-state index in [9.17, 15) is 9.59 Å². The van der Waals surface area contributed by atoms with Gasteiger partial charge in [0, 0.05) is 23.8 Å². The Morgan fingerprint density at radius 3 is 2.00 bits per heavy atom. The van der Waals surface area contributed by atoms with Crippen molar-refractivity contribution in [3.05, 3.63) is 24.3 Å². The first-order valence-corrected chi connectivity index (χ1v) is 9.70. The van der Waals surface area contributed by atoms with Gasteiger partial charge in [-0.1, -0.05) is 19.3 Å². The van der Waals surface area contributed by atoms with Crippen LogP contribution in [-0.2, 0) is 9.59 Å². The van der Waals surface area contributed by atoms with Crippen molar-refractivity contribution >= 4 is 23.2 Å². The van der Waals surface area contributed by atoms with E-state index in [0.29, 0.717) is 19.4 Å². The lowest BCUT2D eigenvalue weighted by molar-refractivity contribution is -0.117. The van der Waals surface area contributed by atoms with Gasteiger partial charge in [0.05, 0.1) is 6.54 Å². The highest BCUT2D eigenvalue weighted by atomic mass is 16.2. The number of amides is 2. The molecule has 0 aliphatic carbocycles. The molecule has 1 atom stereocenters. The Balaban J connectivity index is 1.76. The van der Waals surface area contributed by atoms with E-state index in [4.69, 9.17) is 5.73 Å². The Hall–Kier alpha value is -1.92. The number of carbonyl (C=O) groups is 2. The summed E-state index contributed by atoms with van der Waals surface area (Å²) in [5.74, 6) is -0.0320. The van der Waals surface area contributed by atoms with Crippen LogP contribution < -0.4 is 16.4 Å². The molecule has 1 aromatic rings. The largest absolute Gasteiger partial charge is 0.328 e. The molecule has 1 unspecified atom stereocenters. The van der Waals surface area contributed by atoms with Crippen molar-refractivity contribution in [3.63, 3.8) is 0 Å². The van der Waals surface area contributed by atoms with E-state index in [-0.39, 0.29) is 17.9 Å². The van der Waals surface area contributed by atoms with E-state index >= 15 is 0 Å². The van der Waals surface area contributed by atoms with Crippen LogP contribution in [0.1, 0.15) is 51.9 Å². The van der Waals surface area contributed by atoms with Crippen molar-refractivity contribution < 1.29 is 9.59 Å². The van der Waals surface area contributed by atoms with Crippen LogP contribution >= 0.6 is 0 Å². The second kappa shape index (κ2) is 10.9. The zero-order valence-electron chi connectivity index (χ0n) is 15.8. The van der Waals surface area contributed by atoms with Crippen molar-refractivity contribution in [1.82, 2.24) is 4.90 Å². The van der Waals surface area contributed by atoms with E-state index in [1.807, 2.05) is 19.1 Å². The Morgan fingerprint density at radius 2 is 1.46 bits per heavy atom. The molecule has 1 saturated heterocycles. The molecule has 144 valence electrons. The van der Waals surface area contributed by atoms with Gasteiger partial charge in [-0.15, -0.1) is 0 Å². The first kappa shape index (κ1) is 20.4. The summed E-state index contributed by atoms with van der Waals surface area (Å²) in [7, 11) is 0. The normalized spacial score (nSPS) is 17.0. The van der Waals surface area contributed by atoms with E-state index in [1.54, 1.807) is 12.1 Å².